The van der Waals surface area contributed by atoms with E-state index in [1.54, 1.807) is 6.07 Å². The maximum absolute atomic E-state index is 13.1. The third-order valence-electron chi connectivity index (χ3n) is 3.29. The van der Waals surface area contributed by atoms with Crippen LogP contribution in [0.1, 0.15) is 31.2 Å². The summed E-state index contributed by atoms with van der Waals surface area (Å²) < 4.78 is 14.0. The molecule has 1 aliphatic rings. The molecule has 94 valence electrons. The van der Waals surface area contributed by atoms with Crippen LogP contribution in [-0.2, 0) is 6.54 Å². The van der Waals surface area contributed by atoms with E-state index in [0.717, 1.165) is 35.7 Å². The molecule has 0 amide bonds. The maximum atomic E-state index is 13.1. The van der Waals surface area contributed by atoms with Crippen LogP contribution in [-0.4, -0.2) is 17.3 Å². The van der Waals surface area contributed by atoms with Gasteiger partial charge in [-0.2, -0.15) is 0 Å². The van der Waals surface area contributed by atoms with Gasteiger partial charge in [0, 0.05) is 17.1 Å². The Morgan fingerprint density at radius 1 is 1.35 bits per heavy atom. The number of aliphatic hydroxyl groups is 1. The first-order valence-corrected chi connectivity index (χ1v) is 6.81. The molecule has 0 radical (unpaired) electrons. The minimum absolute atomic E-state index is 0.138. The Labute approximate surface area is 109 Å². The number of rotatable bonds is 3. The number of halogens is 2. The van der Waals surface area contributed by atoms with E-state index in [4.69, 9.17) is 0 Å². The van der Waals surface area contributed by atoms with Gasteiger partial charge in [0.1, 0.15) is 5.82 Å². The fourth-order valence-electron chi connectivity index (χ4n) is 2.27. The second-order valence-electron chi connectivity index (χ2n) is 4.57. The van der Waals surface area contributed by atoms with Gasteiger partial charge in [0.25, 0.3) is 0 Å². The van der Waals surface area contributed by atoms with E-state index in [0.29, 0.717) is 6.54 Å². The Kier molecular flexibility index (Phi) is 4.54. The van der Waals surface area contributed by atoms with E-state index < -0.39 is 0 Å². The Bertz CT molecular complexity index is 386. The lowest BCUT2D eigenvalue weighted by molar-refractivity contribution is 0.0902. The molecule has 1 aromatic carbocycles. The van der Waals surface area contributed by atoms with E-state index in [1.807, 2.05) is 0 Å². The number of aliphatic hydroxyl groups excluding tert-OH is 1. The van der Waals surface area contributed by atoms with Crippen LogP contribution in [0, 0.1) is 5.82 Å². The van der Waals surface area contributed by atoms with Crippen molar-refractivity contribution in [2.75, 3.05) is 0 Å². The van der Waals surface area contributed by atoms with Gasteiger partial charge in [-0.25, -0.2) is 4.39 Å². The van der Waals surface area contributed by atoms with E-state index in [-0.39, 0.29) is 18.0 Å². The van der Waals surface area contributed by atoms with Gasteiger partial charge in [-0.05, 0) is 36.6 Å². The van der Waals surface area contributed by atoms with Crippen molar-refractivity contribution in [3.05, 3.63) is 34.1 Å². The van der Waals surface area contributed by atoms with Gasteiger partial charge in [-0.3, -0.25) is 0 Å². The zero-order valence-electron chi connectivity index (χ0n) is 9.63. The summed E-state index contributed by atoms with van der Waals surface area (Å²) in [7, 11) is 0. The van der Waals surface area contributed by atoms with Crippen LogP contribution < -0.4 is 5.32 Å². The van der Waals surface area contributed by atoms with Gasteiger partial charge in [0.05, 0.1) is 6.10 Å². The van der Waals surface area contributed by atoms with Crippen molar-refractivity contribution in [1.82, 2.24) is 5.32 Å². The Morgan fingerprint density at radius 3 is 2.88 bits per heavy atom. The van der Waals surface area contributed by atoms with E-state index in [2.05, 4.69) is 21.2 Å². The molecule has 0 heterocycles. The molecule has 1 fully saturated rings. The Balaban J connectivity index is 1.94. The van der Waals surface area contributed by atoms with Crippen molar-refractivity contribution in [2.24, 2.45) is 0 Å². The molecule has 2 rings (SSSR count). The Hall–Kier alpha value is -0.450. The molecule has 17 heavy (non-hydrogen) atoms. The van der Waals surface area contributed by atoms with Gasteiger partial charge in [0.2, 0.25) is 0 Å². The minimum Gasteiger partial charge on any atom is -0.392 e. The summed E-state index contributed by atoms with van der Waals surface area (Å²) in [5.41, 5.74) is 0.891. The standard InChI is InChI=1S/C13H17BrFNO/c14-11-6-5-10(15)7-9(11)8-16-12-3-1-2-4-13(12)17/h5-7,12-13,16-17H,1-4,8H2. The second kappa shape index (κ2) is 5.94. The average molecular weight is 302 g/mol. The molecule has 0 spiro atoms. The molecule has 0 saturated heterocycles. The lowest BCUT2D eigenvalue weighted by Crippen LogP contribution is -2.41. The summed E-state index contributed by atoms with van der Waals surface area (Å²) in [6.07, 6.45) is 3.84. The smallest absolute Gasteiger partial charge is 0.123 e. The third kappa shape index (κ3) is 3.50. The highest BCUT2D eigenvalue weighted by atomic mass is 79.9. The quantitative estimate of drug-likeness (QED) is 0.899. The van der Waals surface area contributed by atoms with Crippen LogP contribution in [0.15, 0.2) is 22.7 Å². The van der Waals surface area contributed by atoms with Gasteiger partial charge >= 0.3 is 0 Å². The Morgan fingerprint density at radius 2 is 2.12 bits per heavy atom. The maximum Gasteiger partial charge on any atom is 0.123 e. The van der Waals surface area contributed by atoms with Crippen LogP contribution in [0.5, 0.6) is 0 Å². The fourth-order valence-corrected chi connectivity index (χ4v) is 2.66. The van der Waals surface area contributed by atoms with Crippen LogP contribution in [0.25, 0.3) is 0 Å². The van der Waals surface area contributed by atoms with Crippen LogP contribution in [0.4, 0.5) is 4.39 Å². The second-order valence-corrected chi connectivity index (χ2v) is 5.43. The van der Waals surface area contributed by atoms with Crippen molar-refractivity contribution in [3.8, 4) is 0 Å². The number of nitrogens with one attached hydrogen (secondary N) is 1. The van der Waals surface area contributed by atoms with Crippen LogP contribution in [0.3, 0.4) is 0 Å². The van der Waals surface area contributed by atoms with Gasteiger partial charge in [-0.1, -0.05) is 28.8 Å². The van der Waals surface area contributed by atoms with E-state index >= 15 is 0 Å². The average Bonchev–Trinajstić information content (AvgIpc) is 2.32. The molecule has 1 aliphatic carbocycles. The van der Waals surface area contributed by atoms with Gasteiger partial charge in [-0.15, -0.1) is 0 Å². The predicted molar refractivity (Wildman–Crippen MR) is 69.2 cm³/mol. The summed E-state index contributed by atoms with van der Waals surface area (Å²) in [5.74, 6) is -0.228. The van der Waals surface area contributed by atoms with Gasteiger partial charge < -0.3 is 10.4 Å². The molecule has 4 heteroatoms. The van der Waals surface area contributed by atoms with Crippen molar-refractivity contribution in [1.29, 1.82) is 0 Å². The zero-order chi connectivity index (χ0) is 12.3. The molecular formula is C13H17BrFNO. The SMILES string of the molecule is OC1CCCCC1NCc1cc(F)ccc1Br. The monoisotopic (exact) mass is 301 g/mol. The lowest BCUT2D eigenvalue weighted by Gasteiger charge is -2.28. The highest BCUT2D eigenvalue weighted by molar-refractivity contribution is 9.10. The van der Waals surface area contributed by atoms with Gasteiger partial charge in [0.15, 0.2) is 0 Å². The van der Waals surface area contributed by atoms with E-state index in [9.17, 15) is 9.50 Å². The molecule has 1 aromatic rings. The number of hydrogen-bond acceptors (Lipinski definition) is 2. The minimum atomic E-state index is -0.268. The largest absolute Gasteiger partial charge is 0.392 e. The normalized spacial score (nSPS) is 24.9. The summed E-state index contributed by atoms with van der Waals surface area (Å²) in [4.78, 5) is 0. The molecular weight excluding hydrogens is 285 g/mol. The first kappa shape index (κ1) is 13.0. The van der Waals surface area contributed by atoms with Crippen molar-refractivity contribution in [3.63, 3.8) is 0 Å². The fraction of sp³-hybridized carbons (Fsp3) is 0.538. The molecule has 2 atom stereocenters. The summed E-state index contributed by atoms with van der Waals surface area (Å²) in [5, 5.41) is 13.1. The summed E-state index contributed by atoms with van der Waals surface area (Å²) in [6, 6.07) is 4.80. The van der Waals surface area contributed by atoms with E-state index in [1.165, 1.54) is 12.1 Å². The van der Waals surface area contributed by atoms with Crippen LogP contribution in [0.2, 0.25) is 0 Å². The summed E-state index contributed by atoms with van der Waals surface area (Å²) >= 11 is 3.40. The molecule has 0 aliphatic heterocycles. The van der Waals surface area contributed by atoms with Crippen LogP contribution >= 0.6 is 15.9 Å². The number of hydrogen-bond donors (Lipinski definition) is 2. The molecule has 0 aromatic heterocycles. The number of benzene rings is 1. The molecule has 2 nitrogen and oxygen atoms in total. The zero-order valence-corrected chi connectivity index (χ0v) is 11.2. The topological polar surface area (TPSA) is 32.3 Å². The van der Waals surface area contributed by atoms with Crippen molar-refractivity contribution in [2.45, 2.75) is 44.4 Å². The molecule has 2 N–H and O–H groups in total. The lowest BCUT2D eigenvalue weighted by atomic mass is 9.92. The highest BCUT2D eigenvalue weighted by Gasteiger charge is 2.22. The molecule has 0 bridgehead atoms. The predicted octanol–water partition coefficient (Wildman–Crippen LogP) is 2.98. The molecule has 1 saturated carbocycles. The third-order valence-corrected chi connectivity index (χ3v) is 4.07. The molecule has 2 unspecified atom stereocenters. The first-order chi connectivity index (χ1) is 8.16. The van der Waals surface area contributed by atoms with Crippen molar-refractivity contribution < 1.29 is 9.50 Å². The first-order valence-electron chi connectivity index (χ1n) is 6.02. The van der Waals surface area contributed by atoms with Crippen molar-refractivity contribution >= 4 is 15.9 Å². The summed E-state index contributed by atoms with van der Waals surface area (Å²) in [6.45, 7) is 0.583. The highest BCUT2D eigenvalue weighted by Crippen LogP contribution is 2.21.